The first-order valence-corrected chi connectivity index (χ1v) is 9.86. The third-order valence-electron chi connectivity index (χ3n) is 5.05. The van der Waals surface area contributed by atoms with Crippen LogP contribution < -0.4 is 14.8 Å². The summed E-state index contributed by atoms with van der Waals surface area (Å²) in [5, 5.41) is 2.97. The van der Waals surface area contributed by atoms with E-state index in [2.05, 4.69) is 10.2 Å². The lowest BCUT2D eigenvalue weighted by atomic mass is 10.0. The number of benzene rings is 2. The van der Waals surface area contributed by atoms with Gasteiger partial charge in [-0.1, -0.05) is 18.2 Å². The van der Waals surface area contributed by atoms with E-state index in [0.29, 0.717) is 31.3 Å². The third kappa shape index (κ3) is 5.81. The molecule has 0 bridgehead atoms. The second-order valence-electron chi connectivity index (χ2n) is 6.91. The van der Waals surface area contributed by atoms with E-state index in [1.54, 1.807) is 32.4 Å². The van der Waals surface area contributed by atoms with E-state index in [-0.39, 0.29) is 17.8 Å². The van der Waals surface area contributed by atoms with Crippen LogP contribution in [0.1, 0.15) is 17.2 Å². The van der Waals surface area contributed by atoms with E-state index in [1.165, 1.54) is 18.2 Å². The van der Waals surface area contributed by atoms with E-state index in [0.717, 1.165) is 24.2 Å². The summed E-state index contributed by atoms with van der Waals surface area (Å²) in [7, 11) is 3.21. The number of methoxy groups -OCH3 is 2. The molecule has 0 radical (unpaired) electrons. The molecule has 1 atom stereocenters. The molecule has 3 rings (SSSR count). The molecular formula is C23H27FN2O4. The highest BCUT2D eigenvalue weighted by atomic mass is 19.1. The van der Waals surface area contributed by atoms with Gasteiger partial charge in [-0.05, 0) is 41.5 Å². The number of rotatable bonds is 8. The second kappa shape index (κ2) is 10.8. The Kier molecular flexibility index (Phi) is 7.82. The van der Waals surface area contributed by atoms with Crippen molar-refractivity contribution < 1.29 is 23.4 Å². The van der Waals surface area contributed by atoms with Gasteiger partial charge in [-0.15, -0.1) is 0 Å². The van der Waals surface area contributed by atoms with E-state index in [9.17, 15) is 9.18 Å². The summed E-state index contributed by atoms with van der Waals surface area (Å²) in [5.41, 5.74) is 1.79. The predicted octanol–water partition coefficient (Wildman–Crippen LogP) is 3.05. The smallest absolute Gasteiger partial charge is 0.244 e. The number of carbonyl (C=O) groups is 1. The van der Waals surface area contributed by atoms with Gasteiger partial charge in [0, 0.05) is 25.7 Å². The van der Waals surface area contributed by atoms with Crippen molar-refractivity contribution in [3.05, 3.63) is 65.5 Å². The summed E-state index contributed by atoms with van der Waals surface area (Å²) in [5.74, 6) is 0.793. The monoisotopic (exact) mass is 414 g/mol. The summed E-state index contributed by atoms with van der Waals surface area (Å²) in [6.45, 7) is 3.30. The molecule has 1 aliphatic rings. The van der Waals surface area contributed by atoms with Gasteiger partial charge >= 0.3 is 0 Å². The quantitative estimate of drug-likeness (QED) is 0.673. The van der Waals surface area contributed by atoms with Crippen LogP contribution in [0.3, 0.4) is 0 Å². The Morgan fingerprint density at radius 1 is 1.13 bits per heavy atom. The number of ether oxygens (including phenoxy) is 3. The largest absolute Gasteiger partial charge is 0.493 e. The van der Waals surface area contributed by atoms with Crippen LogP contribution in [-0.2, 0) is 9.53 Å². The predicted molar refractivity (Wildman–Crippen MR) is 113 cm³/mol. The topological polar surface area (TPSA) is 60.0 Å². The lowest BCUT2D eigenvalue weighted by Crippen LogP contribution is -2.43. The summed E-state index contributed by atoms with van der Waals surface area (Å²) in [4.78, 5) is 14.7. The molecule has 1 unspecified atom stereocenters. The Labute approximate surface area is 176 Å². The van der Waals surface area contributed by atoms with Crippen LogP contribution in [0, 0.1) is 5.82 Å². The van der Waals surface area contributed by atoms with Crippen LogP contribution in [0.5, 0.6) is 11.5 Å². The van der Waals surface area contributed by atoms with Crippen LogP contribution in [-0.4, -0.2) is 57.9 Å². The molecule has 1 saturated heterocycles. The molecule has 1 heterocycles. The molecule has 1 N–H and O–H groups in total. The van der Waals surface area contributed by atoms with Crippen LogP contribution in [0.4, 0.5) is 4.39 Å². The highest BCUT2D eigenvalue weighted by Crippen LogP contribution is 2.32. The first kappa shape index (κ1) is 21.8. The maximum atomic E-state index is 13.0. The lowest BCUT2D eigenvalue weighted by molar-refractivity contribution is -0.116. The summed E-state index contributed by atoms with van der Waals surface area (Å²) < 4.78 is 29.3. The fourth-order valence-electron chi connectivity index (χ4n) is 3.41. The standard InChI is InChI=1S/C23H27FN2O4/c1-28-21-9-6-18(15-22(21)29-2)20(26-11-13-30-14-12-26)16-25-23(27)10-5-17-3-7-19(24)8-4-17/h3-10,15,20H,11-14,16H2,1-2H3,(H,25,27)/b10-5+. The van der Waals surface area contributed by atoms with Crippen LogP contribution >= 0.6 is 0 Å². The van der Waals surface area contributed by atoms with Gasteiger partial charge in [0.15, 0.2) is 11.5 Å². The maximum Gasteiger partial charge on any atom is 0.244 e. The molecule has 0 aliphatic carbocycles. The molecule has 7 heteroatoms. The van der Waals surface area contributed by atoms with Crippen LogP contribution in [0.15, 0.2) is 48.5 Å². The van der Waals surface area contributed by atoms with Gasteiger partial charge < -0.3 is 19.5 Å². The van der Waals surface area contributed by atoms with Gasteiger partial charge in [-0.2, -0.15) is 0 Å². The van der Waals surface area contributed by atoms with Gasteiger partial charge in [0.1, 0.15) is 5.82 Å². The minimum atomic E-state index is -0.306. The Morgan fingerprint density at radius 3 is 2.50 bits per heavy atom. The molecule has 0 spiro atoms. The first-order valence-electron chi connectivity index (χ1n) is 9.86. The normalized spacial score (nSPS) is 15.7. The van der Waals surface area contributed by atoms with Crippen molar-refractivity contribution in [3.63, 3.8) is 0 Å². The SMILES string of the molecule is COc1ccc(C(CNC(=O)/C=C/c2ccc(F)cc2)N2CCOCC2)cc1OC. The summed E-state index contributed by atoms with van der Waals surface area (Å²) in [6, 6.07) is 11.8. The third-order valence-corrected chi connectivity index (χ3v) is 5.05. The van der Waals surface area contributed by atoms with Gasteiger partial charge in [0.25, 0.3) is 0 Å². The highest BCUT2D eigenvalue weighted by Gasteiger charge is 2.24. The zero-order chi connectivity index (χ0) is 21.3. The van der Waals surface area contributed by atoms with Crippen molar-refractivity contribution in [3.8, 4) is 11.5 Å². The number of amides is 1. The molecule has 2 aromatic rings. The molecule has 1 amide bonds. The van der Waals surface area contributed by atoms with E-state index in [4.69, 9.17) is 14.2 Å². The fourth-order valence-corrected chi connectivity index (χ4v) is 3.41. The highest BCUT2D eigenvalue weighted by molar-refractivity contribution is 5.91. The minimum absolute atomic E-state index is 0.0307. The van der Waals surface area contributed by atoms with Crippen molar-refractivity contribution in [2.75, 3.05) is 47.1 Å². The van der Waals surface area contributed by atoms with Crippen LogP contribution in [0.2, 0.25) is 0 Å². The van der Waals surface area contributed by atoms with E-state index < -0.39 is 0 Å². The number of carbonyl (C=O) groups excluding carboxylic acids is 1. The maximum absolute atomic E-state index is 13.0. The average molecular weight is 414 g/mol. The number of nitrogens with zero attached hydrogens (tertiary/aromatic N) is 1. The molecular weight excluding hydrogens is 387 g/mol. The molecule has 0 saturated carbocycles. The molecule has 160 valence electrons. The average Bonchev–Trinajstić information content (AvgIpc) is 2.79. The first-order chi connectivity index (χ1) is 14.6. The minimum Gasteiger partial charge on any atom is -0.493 e. The number of morpholine rings is 1. The zero-order valence-electron chi connectivity index (χ0n) is 17.3. The zero-order valence-corrected chi connectivity index (χ0v) is 17.3. The Hall–Kier alpha value is -2.90. The fraction of sp³-hybridized carbons (Fsp3) is 0.348. The number of halogens is 1. The van der Waals surface area contributed by atoms with Crippen LogP contribution in [0.25, 0.3) is 6.08 Å². The Balaban J connectivity index is 1.71. The molecule has 30 heavy (non-hydrogen) atoms. The van der Waals surface area contributed by atoms with Gasteiger partial charge in [-0.25, -0.2) is 4.39 Å². The molecule has 0 aromatic heterocycles. The van der Waals surface area contributed by atoms with E-state index >= 15 is 0 Å². The lowest BCUT2D eigenvalue weighted by Gasteiger charge is -2.35. The summed E-state index contributed by atoms with van der Waals surface area (Å²) >= 11 is 0. The number of hydrogen-bond acceptors (Lipinski definition) is 5. The summed E-state index contributed by atoms with van der Waals surface area (Å²) in [6.07, 6.45) is 3.12. The number of nitrogens with one attached hydrogen (secondary N) is 1. The second-order valence-corrected chi connectivity index (χ2v) is 6.91. The molecule has 1 aliphatic heterocycles. The van der Waals surface area contributed by atoms with Gasteiger partial charge in [0.05, 0.1) is 33.5 Å². The van der Waals surface area contributed by atoms with Gasteiger partial charge in [-0.3, -0.25) is 9.69 Å². The van der Waals surface area contributed by atoms with Crippen molar-refractivity contribution in [2.45, 2.75) is 6.04 Å². The van der Waals surface area contributed by atoms with Gasteiger partial charge in [0.2, 0.25) is 5.91 Å². The van der Waals surface area contributed by atoms with Crippen molar-refractivity contribution in [1.29, 1.82) is 0 Å². The van der Waals surface area contributed by atoms with Crippen molar-refractivity contribution in [1.82, 2.24) is 10.2 Å². The molecule has 1 fully saturated rings. The number of hydrogen-bond donors (Lipinski definition) is 1. The Bertz CT molecular complexity index is 864. The van der Waals surface area contributed by atoms with Crippen molar-refractivity contribution >= 4 is 12.0 Å². The Morgan fingerprint density at radius 2 is 1.83 bits per heavy atom. The molecule has 6 nitrogen and oxygen atoms in total. The molecule has 2 aromatic carbocycles. The van der Waals surface area contributed by atoms with E-state index in [1.807, 2.05) is 18.2 Å². The van der Waals surface area contributed by atoms with Crippen molar-refractivity contribution in [2.24, 2.45) is 0 Å².